The Morgan fingerprint density at radius 2 is 2.18 bits per heavy atom. The van der Waals surface area contributed by atoms with E-state index in [1.807, 2.05) is 13.8 Å². The highest BCUT2D eigenvalue weighted by atomic mass is 19.1. The molecule has 0 saturated carbocycles. The predicted molar refractivity (Wildman–Crippen MR) is 79.4 cm³/mol. The van der Waals surface area contributed by atoms with Crippen LogP contribution in [0.2, 0.25) is 0 Å². The summed E-state index contributed by atoms with van der Waals surface area (Å²) in [6.07, 6.45) is 0.0781. The van der Waals surface area contributed by atoms with Crippen LogP contribution in [0.5, 0.6) is 5.75 Å². The summed E-state index contributed by atoms with van der Waals surface area (Å²) >= 11 is 0. The zero-order valence-corrected chi connectivity index (χ0v) is 12.9. The average molecular weight is 312 g/mol. The molecule has 1 heterocycles. The minimum absolute atomic E-state index is 0.108. The molecule has 2 atom stereocenters. The lowest BCUT2D eigenvalue weighted by molar-refractivity contribution is -0.139. The molecule has 1 amide bonds. The van der Waals surface area contributed by atoms with E-state index in [-0.39, 0.29) is 17.6 Å². The number of ether oxygens (including phenoxy) is 1. The molecule has 0 unspecified atom stereocenters. The van der Waals surface area contributed by atoms with Gasteiger partial charge in [0.25, 0.3) is 5.91 Å². The van der Waals surface area contributed by atoms with E-state index in [2.05, 4.69) is 0 Å². The van der Waals surface area contributed by atoms with Crippen LogP contribution in [-0.4, -0.2) is 36.5 Å². The molecule has 22 heavy (non-hydrogen) atoms. The van der Waals surface area contributed by atoms with Crippen LogP contribution in [-0.2, 0) is 4.79 Å². The molecule has 0 radical (unpaired) electrons. The number of nitrogens with two attached hydrogens (primary N) is 1. The average Bonchev–Trinajstić information content (AvgIpc) is 2.94. The predicted octanol–water partition coefficient (Wildman–Crippen LogP) is 2.18. The van der Waals surface area contributed by atoms with Gasteiger partial charge in [-0.05, 0) is 36.9 Å². The third-order valence-corrected chi connectivity index (χ3v) is 3.93. The van der Waals surface area contributed by atoms with E-state index in [0.717, 1.165) is 18.6 Å². The van der Waals surface area contributed by atoms with Gasteiger partial charge in [0.15, 0.2) is 17.7 Å². The fourth-order valence-corrected chi connectivity index (χ4v) is 2.58. The molecule has 1 aromatic rings. The molecule has 0 aliphatic carbocycles. The lowest BCUT2D eigenvalue weighted by atomic mass is 10.1. The second kappa shape index (κ2) is 7.05. The summed E-state index contributed by atoms with van der Waals surface area (Å²) in [7, 11) is 0. The molecule has 6 heteroatoms. The molecule has 0 bridgehead atoms. The molecule has 1 fully saturated rings. The molecule has 1 saturated heterocycles. The van der Waals surface area contributed by atoms with Crippen molar-refractivity contribution in [2.24, 2.45) is 17.6 Å². The van der Waals surface area contributed by atoms with Crippen LogP contribution < -0.4 is 10.5 Å². The highest BCUT2D eigenvalue weighted by molar-refractivity contribution is 5.81. The van der Waals surface area contributed by atoms with E-state index in [4.69, 9.17) is 10.5 Å². The molecule has 1 aromatic carbocycles. The van der Waals surface area contributed by atoms with Gasteiger partial charge in [-0.3, -0.25) is 4.79 Å². The van der Waals surface area contributed by atoms with Crippen LogP contribution in [0.1, 0.15) is 20.3 Å². The quantitative estimate of drug-likeness (QED) is 0.906. The van der Waals surface area contributed by atoms with Crippen LogP contribution in [0.4, 0.5) is 8.78 Å². The maximum Gasteiger partial charge on any atom is 0.263 e. The maximum atomic E-state index is 13.7. The van der Waals surface area contributed by atoms with Gasteiger partial charge in [0, 0.05) is 19.2 Å². The minimum atomic E-state index is -0.806. The Bertz CT molecular complexity index is 537. The Morgan fingerprint density at radius 3 is 2.73 bits per heavy atom. The molecule has 122 valence electrons. The van der Waals surface area contributed by atoms with Gasteiger partial charge in [-0.1, -0.05) is 13.8 Å². The summed E-state index contributed by atoms with van der Waals surface area (Å²) in [5, 5.41) is 0. The van der Waals surface area contributed by atoms with E-state index < -0.39 is 17.7 Å². The summed E-state index contributed by atoms with van der Waals surface area (Å²) in [4.78, 5) is 14.3. The normalized spacial score (nSPS) is 19.5. The third kappa shape index (κ3) is 3.74. The fraction of sp³-hybridized carbons (Fsp3) is 0.562. The van der Waals surface area contributed by atoms with Gasteiger partial charge in [0.2, 0.25) is 0 Å². The number of carbonyl (C=O) groups is 1. The second-order valence-corrected chi connectivity index (χ2v) is 6.03. The molecule has 2 rings (SSSR count). The summed E-state index contributed by atoms with van der Waals surface area (Å²) in [5.74, 6) is -1.59. The number of benzene rings is 1. The number of likely N-dealkylation sites (tertiary alicyclic amines) is 1. The van der Waals surface area contributed by atoms with Crippen LogP contribution in [0, 0.1) is 23.5 Å². The first-order valence-corrected chi connectivity index (χ1v) is 7.53. The fourth-order valence-electron chi connectivity index (χ4n) is 2.58. The number of rotatable bonds is 5. The standard InChI is InChI=1S/C16H22F2N2O2/c1-10(2)15(16(21)20-6-5-11(8-19)9-20)22-14-4-3-12(17)7-13(14)18/h3-4,7,10-11,15H,5-6,8-9,19H2,1-2H3/t11-,15-/m0/s1. The van der Waals surface area contributed by atoms with Crippen molar-refractivity contribution in [3.05, 3.63) is 29.8 Å². The van der Waals surface area contributed by atoms with Crippen molar-refractivity contribution in [2.45, 2.75) is 26.4 Å². The second-order valence-electron chi connectivity index (χ2n) is 6.03. The number of hydrogen-bond donors (Lipinski definition) is 1. The zero-order valence-electron chi connectivity index (χ0n) is 12.9. The number of carbonyl (C=O) groups excluding carboxylic acids is 1. The minimum Gasteiger partial charge on any atom is -0.477 e. The largest absolute Gasteiger partial charge is 0.477 e. The first-order chi connectivity index (χ1) is 10.4. The van der Waals surface area contributed by atoms with E-state index in [1.54, 1.807) is 4.90 Å². The highest BCUT2D eigenvalue weighted by Crippen LogP contribution is 2.24. The van der Waals surface area contributed by atoms with Crippen molar-refractivity contribution in [3.63, 3.8) is 0 Å². The van der Waals surface area contributed by atoms with E-state index >= 15 is 0 Å². The molecular formula is C16H22F2N2O2. The Kier molecular flexibility index (Phi) is 5.34. The Labute approximate surface area is 129 Å². The summed E-state index contributed by atoms with van der Waals surface area (Å²) in [6.45, 7) is 5.46. The monoisotopic (exact) mass is 312 g/mol. The maximum absolute atomic E-state index is 13.7. The first kappa shape index (κ1) is 16.7. The molecular weight excluding hydrogens is 290 g/mol. The van der Waals surface area contributed by atoms with Gasteiger partial charge >= 0.3 is 0 Å². The van der Waals surface area contributed by atoms with Crippen LogP contribution in [0.3, 0.4) is 0 Å². The zero-order chi connectivity index (χ0) is 16.3. The van der Waals surface area contributed by atoms with E-state index in [1.165, 1.54) is 6.07 Å². The molecule has 1 aliphatic rings. The molecule has 1 aliphatic heterocycles. The lowest BCUT2D eigenvalue weighted by Gasteiger charge is -2.27. The van der Waals surface area contributed by atoms with Crippen molar-refractivity contribution in [2.75, 3.05) is 19.6 Å². The van der Waals surface area contributed by atoms with Gasteiger partial charge < -0.3 is 15.4 Å². The van der Waals surface area contributed by atoms with Gasteiger partial charge in [0.05, 0.1) is 0 Å². The number of hydrogen-bond acceptors (Lipinski definition) is 3. The Morgan fingerprint density at radius 1 is 1.45 bits per heavy atom. The van der Waals surface area contributed by atoms with Crippen LogP contribution in [0.25, 0.3) is 0 Å². The van der Waals surface area contributed by atoms with Gasteiger partial charge in [-0.15, -0.1) is 0 Å². The molecule has 4 nitrogen and oxygen atoms in total. The Hall–Kier alpha value is -1.69. The summed E-state index contributed by atoms with van der Waals surface area (Å²) in [6, 6.07) is 3.07. The molecule has 2 N–H and O–H groups in total. The summed E-state index contributed by atoms with van der Waals surface area (Å²) in [5.41, 5.74) is 5.64. The van der Waals surface area contributed by atoms with Crippen molar-refractivity contribution in [1.29, 1.82) is 0 Å². The lowest BCUT2D eigenvalue weighted by Crippen LogP contribution is -2.44. The molecule has 0 spiro atoms. The van der Waals surface area contributed by atoms with Crippen molar-refractivity contribution >= 4 is 5.91 Å². The number of halogens is 2. The number of amides is 1. The van der Waals surface area contributed by atoms with Gasteiger partial charge in [-0.2, -0.15) is 0 Å². The van der Waals surface area contributed by atoms with E-state index in [0.29, 0.717) is 25.6 Å². The SMILES string of the molecule is CC(C)[C@H](Oc1ccc(F)cc1F)C(=O)N1CC[C@@H](CN)C1. The molecule has 0 aromatic heterocycles. The topological polar surface area (TPSA) is 55.6 Å². The van der Waals surface area contributed by atoms with Crippen molar-refractivity contribution in [1.82, 2.24) is 4.90 Å². The third-order valence-electron chi connectivity index (χ3n) is 3.93. The number of nitrogens with zero attached hydrogens (tertiary/aromatic N) is 1. The van der Waals surface area contributed by atoms with Crippen molar-refractivity contribution in [3.8, 4) is 5.75 Å². The smallest absolute Gasteiger partial charge is 0.263 e. The van der Waals surface area contributed by atoms with Crippen molar-refractivity contribution < 1.29 is 18.3 Å². The highest BCUT2D eigenvalue weighted by Gasteiger charge is 2.33. The van der Waals surface area contributed by atoms with Gasteiger partial charge in [-0.25, -0.2) is 8.78 Å². The van der Waals surface area contributed by atoms with Crippen LogP contribution >= 0.6 is 0 Å². The Balaban J connectivity index is 2.11. The van der Waals surface area contributed by atoms with Crippen LogP contribution in [0.15, 0.2) is 18.2 Å². The first-order valence-electron chi connectivity index (χ1n) is 7.53. The van der Waals surface area contributed by atoms with E-state index in [9.17, 15) is 13.6 Å². The summed E-state index contributed by atoms with van der Waals surface area (Å²) < 4.78 is 32.2. The van der Waals surface area contributed by atoms with Gasteiger partial charge in [0.1, 0.15) is 5.82 Å².